The van der Waals surface area contributed by atoms with Gasteiger partial charge in [0.05, 0.1) is 24.4 Å². The fourth-order valence-electron chi connectivity index (χ4n) is 9.33. The molecule has 2 saturated heterocycles. The zero-order chi connectivity index (χ0) is 11.6. The van der Waals surface area contributed by atoms with E-state index in [1.54, 1.807) is 19.3 Å². The van der Waals surface area contributed by atoms with Gasteiger partial charge in [-0.15, -0.1) is 0 Å². The van der Waals surface area contributed by atoms with Crippen LogP contribution < -0.4 is 0 Å². The molecular weight excluding hydrogens is 236 g/mol. The lowest BCUT2D eigenvalue weighted by atomic mass is 9.60. The van der Waals surface area contributed by atoms with Crippen LogP contribution in [-0.4, -0.2) is 24.4 Å². The summed E-state index contributed by atoms with van der Waals surface area (Å²) < 4.78 is 12.0. The quantitative estimate of drug-likeness (QED) is 0.489. The van der Waals surface area contributed by atoms with Crippen LogP contribution in [0.1, 0.15) is 19.3 Å². The molecule has 10 unspecified atom stereocenters. The molecule has 0 spiro atoms. The predicted molar refractivity (Wildman–Crippen MR) is 66.1 cm³/mol. The Hall–Kier alpha value is -0.0800. The molecule has 0 aromatic rings. The van der Waals surface area contributed by atoms with Gasteiger partial charge < -0.3 is 9.47 Å². The van der Waals surface area contributed by atoms with E-state index in [9.17, 15) is 0 Å². The molecule has 8 fully saturated rings. The highest BCUT2D eigenvalue weighted by molar-refractivity contribution is 5.27. The summed E-state index contributed by atoms with van der Waals surface area (Å²) in [5.74, 6) is 10.5. The number of hydrogen-bond acceptors (Lipinski definition) is 2. The first-order valence-corrected chi connectivity index (χ1v) is 8.73. The van der Waals surface area contributed by atoms with Crippen molar-refractivity contribution in [3.05, 3.63) is 0 Å². The third-order valence-electron chi connectivity index (χ3n) is 9.29. The Morgan fingerprint density at radius 3 is 1.11 bits per heavy atom. The minimum atomic E-state index is 0.729. The first-order valence-electron chi connectivity index (χ1n) is 8.73. The van der Waals surface area contributed by atoms with Crippen molar-refractivity contribution in [2.24, 2.45) is 59.2 Å². The first kappa shape index (κ1) is 9.04. The normalized spacial score (nSPS) is 85.9. The standard InChI is InChI=1S/C17H20O2/c1-4-10-6-2-7(15-14(6)18-15)11(10)5(1)13-9-3-8(12(4)13)16-17(9)19-16/h4-17H,1-3H2/t4?,5?,6?,7?,8?,9?,10?,11?,12?,13?,14-,15+,16+,17-. The van der Waals surface area contributed by atoms with Crippen molar-refractivity contribution in [3.8, 4) is 0 Å². The fraction of sp³-hybridized carbons (Fsp3) is 1.00. The minimum Gasteiger partial charge on any atom is -0.369 e. The van der Waals surface area contributed by atoms with Gasteiger partial charge >= 0.3 is 0 Å². The van der Waals surface area contributed by atoms with E-state index < -0.39 is 0 Å². The van der Waals surface area contributed by atoms with Crippen molar-refractivity contribution in [2.45, 2.75) is 43.7 Å². The predicted octanol–water partition coefficient (Wildman–Crippen LogP) is 1.94. The van der Waals surface area contributed by atoms with E-state index in [2.05, 4.69) is 0 Å². The summed E-state index contributed by atoms with van der Waals surface area (Å²) in [6, 6.07) is 0. The van der Waals surface area contributed by atoms with Crippen molar-refractivity contribution < 1.29 is 9.47 Å². The summed E-state index contributed by atoms with van der Waals surface area (Å²) in [7, 11) is 0. The maximum Gasteiger partial charge on any atom is 0.0875 e. The highest BCUT2D eigenvalue weighted by Crippen LogP contribution is 2.80. The van der Waals surface area contributed by atoms with Gasteiger partial charge in [-0.1, -0.05) is 0 Å². The van der Waals surface area contributed by atoms with Crippen molar-refractivity contribution in [1.29, 1.82) is 0 Å². The Balaban J connectivity index is 1.30. The molecule has 2 nitrogen and oxygen atoms in total. The molecule has 0 radical (unpaired) electrons. The summed E-state index contributed by atoms with van der Waals surface area (Å²) in [5.41, 5.74) is 0. The minimum absolute atomic E-state index is 0.729. The molecule has 0 N–H and O–H groups in total. The lowest BCUT2D eigenvalue weighted by Crippen LogP contribution is -2.44. The highest BCUT2D eigenvalue weighted by atomic mass is 16.6. The molecule has 2 aliphatic heterocycles. The second-order valence-corrected chi connectivity index (χ2v) is 9.13. The van der Waals surface area contributed by atoms with Crippen LogP contribution in [0, 0.1) is 59.2 Å². The third kappa shape index (κ3) is 0.711. The number of epoxide rings is 2. The smallest absolute Gasteiger partial charge is 0.0875 e. The summed E-state index contributed by atoms with van der Waals surface area (Å²) >= 11 is 0. The van der Waals surface area contributed by atoms with E-state index in [0.717, 1.165) is 83.6 Å². The fourth-order valence-corrected chi connectivity index (χ4v) is 9.33. The molecule has 2 heteroatoms. The largest absolute Gasteiger partial charge is 0.369 e. The van der Waals surface area contributed by atoms with Crippen LogP contribution in [0.3, 0.4) is 0 Å². The molecule has 0 amide bonds. The Morgan fingerprint density at radius 2 is 0.737 bits per heavy atom. The molecule has 100 valence electrons. The van der Waals surface area contributed by atoms with E-state index in [0.29, 0.717) is 0 Å². The average molecular weight is 256 g/mol. The van der Waals surface area contributed by atoms with Crippen molar-refractivity contribution in [1.82, 2.24) is 0 Å². The van der Waals surface area contributed by atoms with Crippen LogP contribution in [0.25, 0.3) is 0 Å². The maximum atomic E-state index is 6.00. The molecule has 8 rings (SSSR count). The lowest BCUT2D eigenvalue weighted by Gasteiger charge is -2.43. The van der Waals surface area contributed by atoms with Crippen molar-refractivity contribution in [2.75, 3.05) is 0 Å². The first-order chi connectivity index (χ1) is 9.42. The van der Waals surface area contributed by atoms with Crippen molar-refractivity contribution >= 4 is 0 Å². The molecule has 6 saturated carbocycles. The van der Waals surface area contributed by atoms with Gasteiger partial charge in [-0.25, -0.2) is 0 Å². The Labute approximate surface area is 113 Å². The molecular formula is C17H20O2. The van der Waals surface area contributed by atoms with Gasteiger partial charge in [0.15, 0.2) is 0 Å². The average Bonchev–Trinajstić information content (AvgIpc) is 3.07. The van der Waals surface area contributed by atoms with E-state index in [-0.39, 0.29) is 0 Å². The molecule has 2 heterocycles. The molecule has 0 aromatic heterocycles. The van der Waals surface area contributed by atoms with Gasteiger partial charge in [0.1, 0.15) is 0 Å². The van der Waals surface area contributed by atoms with Crippen LogP contribution in [0.2, 0.25) is 0 Å². The summed E-state index contributed by atoms with van der Waals surface area (Å²) in [6.45, 7) is 0. The number of hydrogen-bond donors (Lipinski definition) is 0. The van der Waals surface area contributed by atoms with Gasteiger partial charge in [-0.2, -0.15) is 0 Å². The molecule has 8 aliphatic rings. The molecule has 0 aromatic carbocycles. The van der Waals surface area contributed by atoms with E-state index in [1.807, 2.05) is 0 Å². The van der Waals surface area contributed by atoms with E-state index >= 15 is 0 Å². The summed E-state index contributed by atoms with van der Waals surface area (Å²) in [6.07, 6.45) is 7.63. The zero-order valence-corrected chi connectivity index (χ0v) is 11.0. The third-order valence-corrected chi connectivity index (χ3v) is 9.29. The van der Waals surface area contributed by atoms with Crippen LogP contribution >= 0.6 is 0 Å². The second kappa shape index (κ2) is 2.33. The second-order valence-electron chi connectivity index (χ2n) is 9.13. The van der Waals surface area contributed by atoms with Gasteiger partial charge in [0.2, 0.25) is 0 Å². The topological polar surface area (TPSA) is 25.1 Å². The monoisotopic (exact) mass is 256 g/mol. The van der Waals surface area contributed by atoms with Crippen LogP contribution in [0.4, 0.5) is 0 Å². The van der Waals surface area contributed by atoms with E-state index in [4.69, 9.17) is 9.47 Å². The summed E-state index contributed by atoms with van der Waals surface area (Å²) in [4.78, 5) is 0. The van der Waals surface area contributed by atoms with E-state index in [1.165, 1.54) is 0 Å². The molecule has 19 heavy (non-hydrogen) atoms. The number of rotatable bonds is 0. The Bertz CT molecular complexity index is 445. The van der Waals surface area contributed by atoms with Crippen LogP contribution in [0.5, 0.6) is 0 Å². The van der Waals surface area contributed by atoms with Gasteiger partial charge in [-0.05, 0) is 78.4 Å². The SMILES string of the molecule is C1C2C3C(C1C1C2C2CC1[C@H]1O[C@@H]21)C1CC3[C@H]2O[C@@H]12. The highest BCUT2D eigenvalue weighted by Gasteiger charge is 2.80. The lowest BCUT2D eigenvalue weighted by molar-refractivity contribution is 0.0426. The molecule has 6 aliphatic carbocycles. The number of ether oxygens (including phenoxy) is 2. The Morgan fingerprint density at radius 1 is 0.421 bits per heavy atom. The molecule has 6 bridgehead atoms. The maximum absolute atomic E-state index is 6.00. The van der Waals surface area contributed by atoms with Crippen LogP contribution in [-0.2, 0) is 9.47 Å². The number of fused-ring (bicyclic) bond motifs is 22. The summed E-state index contributed by atoms with van der Waals surface area (Å²) in [5, 5.41) is 0. The zero-order valence-electron chi connectivity index (χ0n) is 11.0. The van der Waals surface area contributed by atoms with Crippen molar-refractivity contribution in [3.63, 3.8) is 0 Å². The van der Waals surface area contributed by atoms with Crippen LogP contribution in [0.15, 0.2) is 0 Å². The van der Waals surface area contributed by atoms with Gasteiger partial charge in [0, 0.05) is 0 Å². The van der Waals surface area contributed by atoms with Gasteiger partial charge in [0.25, 0.3) is 0 Å². The van der Waals surface area contributed by atoms with Gasteiger partial charge in [-0.3, -0.25) is 0 Å². The Kier molecular flexibility index (Phi) is 1.11. The molecule has 14 atom stereocenters.